The highest BCUT2D eigenvalue weighted by atomic mass is 32.1. The largest absolute Gasteiger partial charge is 0.468 e. The molecule has 2 rings (SSSR count). The Morgan fingerprint density at radius 2 is 2.18 bits per heavy atom. The van der Waals surface area contributed by atoms with E-state index < -0.39 is 0 Å². The smallest absolute Gasteiger partial charge is 0.117 e. The topological polar surface area (TPSA) is 25.6 Å². The van der Waals surface area contributed by atoms with Crippen LogP contribution in [0.25, 0.3) is 6.08 Å². The second-order valence-corrected chi connectivity index (χ2v) is 8.38. The van der Waals surface area contributed by atoms with Gasteiger partial charge in [-0.3, -0.25) is 4.90 Å². The SMILES string of the molecule is CCN(CC#CC=C(COCC=Cc1ccsc1)C(C)(C)C)Cc1ccco1. The van der Waals surface area contributed by atoms with Gasteiger partial charge in [-0.1, -0.05) is 51.7 Å². The molecule has 0 unspecified atom stereocenters. The number of ether oxygens (including phenoxy) is 1. The molecule has 0 aromatic carbocycles. The lowest BCUT2D eigenvalue weighted by Gasteiger charge is -2.22. The van der Waals surface area contributed by atoms with Gasteiger partial charge >= 0.3 is 0 Å². The Balaban J connectivity index is 1.84. The van der Waals surface area contributed by atoms with Gasteiger partial charge in [-0.2, -0.15) is 11.3 Å². The summed E-state index contributed by atoms with van der Waals surface area (Å²) in [5, 5.41) is 4.20. The Morgan fingerprint density at radius 1 is 1.32 bits per heavy atom. The van der Waals surface area contributed by atoms with E-state index in [2.05, 4.69) is 73.4 Å². The van der Waals surface area contributed by atoms with E-state index >= 15 is 0 Å². The maximum Gasteiger partial charge on any atom is 0.117 e. The molecule has 28 heavy (non-hydrogen) atoms. The van der Waals surface area contributed by atoms with Gasteiger partial charge in [-0.15, -0.1) is 0 Å². The van der Waals surface area contributed by atoms with Crippen LogP contribution in [-0.4, -0.2) is 31.2 Å². The van der Waals surface area contributed by atoms with Gasteiger partial charge in [-0.25, -0.2) is 0 Å². The minimum Gasteiger partial charge on any atom is -0.468 e. The average Bonchev–Trinajstić information content (AvgIpc) is 3.34. The summed E-state index contributed by atoms with van der Waals surface area (Å²) in [5.41, 5.74) is 2.46. The zero-order chi connectivity index (χ0) is 20.2. The fourth-order valence-corrected chi connectivity index (χ4v) is 3.09. The van der Waals surface area contributed by atoms with E-state index in [0.717, 1.165) is 25.4 Å². The lowest BCUT2D eigenvalue weighted by molar-refractivity contribution is 0.173. The molecule has 0 N–H and O–H groups in total. The van der Waals surface area contributed by atoms with Crippen molar-refractivity contribution in [1.29, 1.82) is 0 Å². The molecule has 2 aromatic rings. The van der Waals surface area contributed by atoms with Gasteiger partial charge in [0.1, 0.15) is 5.76 Å². The lowest BCUT2D eigenvalue weighted by atomic mass is 9.86. The van der Waals surface area contributed by atoms with Crippen molar-refractivity contribution < 1.29 is 9.15 Å². The third-order valence-electron chi connectivity index (χ3n) is 4.35. The van der Waals surface area contributed by atoms with Crippen LogP contribution in [0.4, 0.5) is 0 Å². The van der Waals surface area contributed by atoms with Crippen molar-refractivity contribution in [2.24, 2.45) is 5.41 Å². The Kier molecular flexibility index (Phi) is 9.30. The van der Waals surface area contributed by atoms with Crippen LogP contribution >= 0.6 is 11.3 Å². The molecule has 150 valence electrons. The van der Waals surface area contributed by atoms with Gasteiger partial charge < -0.3 is 9.15 Å². The monoisotopic (exact) mass is 397 g/mol. The standard InChI is InChI=1S/C24H31NO2S/c1-5-25(18-23-12-9-16-27-23)14-7-6-11-22(24(2,3)4)19-26-15-8-10-21-13-17-28-20-21/h8-13,16-17,20H,5,14-15,18-19H2,1-4H3. The van der Waals surface area contributed by atoms with Crippen molar-refractivity contribution in [2.75, 3.05) is 26.3 Å². The zero-order valence-corrected chi connectivity index (χ0v) is 18.2. The van der Waals surface area contributed by atoms with E-state index in [1.165, 1.54) is 11.1 Å². The number of nitrogens with zero attached hydrogens (tertiary/aromatic N) is 1. The molecular formula is C24H31NO2S. The maximum absolute atomic E-state index is 5.85. The third kappa shape index (κ3) is 8.31. The van der Waals surface area contributed by atoms with Crippen LogP contribution in [0.1, 0.15) is 39.0 Å². The molecule has 0 aliphatic heterocycles. The van der Waals surface area contributed by atoms with Crippen molar-refractivity contribution in [2.45, 2.75) is 34.2 Å². The highest BCUT2D eigenvalue weighted by molar-refractivity contribution is 7.08. The minimum absolute atomic E-state index is 0.0321. The molecule has 0 amide bonds. The molecule has 0 atom stereocenters. The van der Waals surface area contributed by atoms with Gasteiger partial charge in [0.2, 0.25) is 0 Å². The van der Waals surface area contributed by atoms with Gasteiger partial charge in [0.15, 0.2) is 0 Å². The summed E-state index contributed by atoms with van der Waals surface area (Å²) in [6, 6.07) is 6.02. The molecule has 0 aliphatic carbocycles. The molecule has 0 fully saturated rings. The molecular weight excluding hydrogens is 366 g/mol. The second-order valence-electron chi connectivity index (χ2n) is 7.60. The van der Waals surface area contributed by atoms with Crippen LogP contribution in [0.5, 0.6) is 0 Å². The quantitative estimate of drug-likeness (QED) is 0.391. The van der Waals surface area contributed by atoms with Crippen molar-refractivity contribution in [1.82, 2.24) is 4.90 Å². The van der Waals surface area contributed by atoms with Crippen LogP contribution in [0.3, 0.4) is 0 Å². The number of furan rings is 1. The maximum atomic E-state index is 5.85. The van der Waals surface area contributed by atoms with Crippen molar-refractivity contribution in [3.63, 3.8) is 0 Å². The van der Waals surface area contributed by atoms with Gasteiger partial charge in [0.25, 0.3) is 0 Å². The van der Waals surface area contributed by atoms with E-state index in [4.69, 9.17) is 9.15 Å². The Bertz CT molecular complexity index is 784. The summed E-state index contributed by atoms with van der Waals surface area (Å²) in [5.74, 6) is 7.45. The van der Waals surface area contributed by atoms with E-state index in [1.807, 2.05) is 18.2 Å². The van der Waals surface area contributed by atoms with Crippen molar-refractivity contribution >= 4 is 17.4 Å². The molecule has 0 bridgehead atoms. The van der Waals surface area contributed by atoms with Gasteiger partial charge in [-0.05, 0) is 58.1 Å². The van der Waals surface area contributed by atoms with Crippen LogP contribution in [0.15, 0.2) is 57.4 Å². The van der Waals surface area contributed by atoms with Crippen LogP contribution < -0.4 is 0 Å². The van der Waals surface area contributed by atoms with Crippen LogP contribution in [0.2, 0.25) is 0 Å². The summed E-state index contributed by atoms with van der Waals surface area (Å²) in [6.07, 6.45) is 7.88. The molecule has 0 aliphatic rings. The Labute approximate surface area is 173 Å². The van der Waals surface area contributed by atoms with Gasteiger partial charge in [0, 0.05) is 0 Å². The summed E-state index contributed by atoms with van der Waals surface area (Å²) in [6.45, 7) is 12.4. The van der Waals surface area contributed by atoms with E-state index in [-0.39, 0.29) is 5.41 Å². The Hall–Kier alpha value is -2.06. The molecule has 2 aromatic heterocycles. The second kappa shape index (κ2) is 11.7. The zero-order valence-electron chi connectivity index (χ0n) is 17.4. The van der Waals surface area contributed by atoms with Crippen LogP contribution in [0, 0.1) is 17.3 Å². The first kappa shape index (κ1) is 22.2. The van der Waals surface area contributed by atoms with Gasteiger partial charge in [0.05, 0.1) is 32.6 Å². The minimum atomic E-state index is 0.0321. The number of hydrogen-bond acceptors (Lipinski definition) is 4. The molecule has 4 heteroatoms. The first-order valence-corrected chi connectivity index (χ1v) is 10.6. The van der Waals surface area contributed by atoms with Crippen molar-refractivity contribution in [3.8, 4) is 11.8 Å². The Morgan fingerprint density at radius 3 is 2.82 bits per heavy atom. The molecule has 0 saturated carbocycles. The summed E-state index contributed by atoms with van der Waals surface area (Å²) < 4.78 is 11.3. The first-order chi connectivity index (χ1) is 13.5. The molecule has 0 radical (unpaired) electrons. The predicted molar refractivity (Wildman–Crippen MR) is 119 cm³/mol. The van der Waals surface area contributed by atoms with E-state index in [9.17, 15) is 0 Å². The highest BCUT2D eigenvalue weighted by Gasteiger charge is 2.16. The fourth-order valence-electron chi connectivity index (χ4n) is 2.46. The molecule has 3 nitrogen and oxygen atoms in total. The predicted octanol–water partition coefficient (Wildman–Crippen LogP) is 5.87. The average molecular weight is 398 g/mol. The summed E-state index contributed by atoms with van der Waals surface area (Å²) in [4.78, 5) is 2.25. The summed E-state index contributed by atoms with van der Waals surface area (Å²) >= 11 is 1.70. The van der Waals surface area contributed by atoms with E-state index in [1.54, 1.807) is 17.6 Å². The molecule has 0 spiro atoms. The van der Waals surface area contributed by atoms with E-state index in [0.29, 0.717) is 13.2 Å². The molecule has 2 heterocycles. The fraction of sp³-hybridized carbons (Fsp3) is 0.417. The normalized spacial score (nSPS) is 12.5. The van der Waals surface area contributed by atoms with Crippen LogP contribution in [-0.2, 0) is 11.3 Å². The van der Waals surface area contributed by atoms with Crippen molar-refractivity contribution in [3.05, 3.63) is 64.3 Å². The lowest BCUT2D eigenvalue weighted by Crippen LogP contribution is -2.22. The number of rotatable bonds is 9. The number of hydrogen-bond donors (Lipinski definition) is 0. The molecule has 0 saturated heterocycles. The highest BCUT2D eigenvalue weighted by Crippen LogP contribution is 2.25. The third-order valence-corrected chi connectivity index (χ3v) is 5.05. The number of thiophene rings is 1. The first-order valence-electron chi connectivity index (χ1n) is 9.68. The summed E-state index contributed by atoms with van der Waals surface area (Å²) in [7, 11) is 0. The number of allylic oxidation sites excluding steroid dienone is 1.